The Bertz CT molecular complexity index is 1150. The second kappa shape index (κ2) is 10.1. The number of urea groups is 1. The minimum Gasteiger partial charge on any atom is -0.322 e. The van der Waals surface area contributed by atoms with Crippen molar-refractivity contribution in [2.45, 2.75) is 31.7 Å². The summed E-state index contributed by atoms with van der Waals surface area (Å²) in [6, 6.07) is 11.3. The maximum atomic E-state index is 14.8. The highest BCUT2D eigenvalue weighted by Crippen LogP contribution is 2.28. The van der Waals surface area contributed by atoms with E-state index in [9.17, 15) is 24.0 Å². The second-order valence-electron chi connectivity index (χ2n) is 8.32. The van der Waals surface area contributed by atoms with Crippen molar-refractivity contribution in [1.82, 2.24) is 4.90 Å². The number of piperidine rings is 1. The maximum Gasteiger partial charge on any atom is 0.322 e. The summed E-state index contributed by atoms with van der Waals surface area (Å²) in [5.41, 5.74) is 0.870. The number of carbonyl (C=O) groups is 3. The van der Waals surface area contributed by atoms with Crippen molar-refractivity contribution in [3.8, 4) is 6.07 Å². The van der Waals surface area contributed by atoms with Gasteiger partial charge in [-0.25, -0.2) is 9.18 Å². The lowest BCUT2D eigenvalue weighted by molar-refractivity contribution is -0.120. The zero-order valence-electron chi connectivity index (χ0n) is 18.3. The number of hydrogen-bond acceptors (Lipinski definition) is 4. The van der Waals surface area contributed by atoms with Gasteiger partial charge in [0.2, 0.25) is 11.8 Å². The molecule has 2 aromatic carbocycles. The van der Waals surface area contributed by atoms with Crippen molar-refractivity contribution < 1.29 is 18.8 Å². The smallest absolute Gasteiger partial charge is 0.322 e. The van der Waals surface area contributed by atoms with Gasteiger partial charge in [0, 0.05) is 35.9 Å². The first kappa shape index (κ1) is 23.5. The number of benzene rings is 2. The van der Waals surface area contributed by atoms with Crippen molar-refractivity contribution in [2.75, 3.05) is 28.6 Å². The molecule has 4 rings (SSSR count). The summed E-state index contributed by atoms with van der Waals surface area (Å²) in [5.74, 6) is -1.86. The molecule has 1 unspecified atom stereocenters. The molecule has 0 aliphatic carbocycles. The average molecular weight is 484 g/mol. The molecule has 0 saturated carbocycles. The van der Waals surface area contributed by atoms with Gasteiger partial charge in [-0.2, -0.15) is 5.26 Å². The number of likely N-dealkylation sites (tertiary alicyclic amines) is 1. The van der Waals surface area contributed by atoms with E-state index in [-0.39, 0.29) is 24.6 Å². The molecular formula is C24H23ClFN5O3. The van der Waals surface area contributed by atoms with Crippen LogP contribution in [0.2, 0.25) is 5.02 Å². The fourth-order valence-corrected chi connectivity index (χ4v) is 4.33. The third-order valence-corrected chi connectivity index (χ3v) is 6.24. The van der Waals surface area contributed by atoms with Crippen LogP contribution in [-0.4, -0.2) is 41.9 Å². The average Bonchev–Trinajstić information content (AvgIpc) is 3.27. The van der Waals surface area contributed by atoms with Gasteiger partial charge in [-0.1, -0.05) is 11.6 Å². The van der Waals surface area contributed by atoms with Crippen molar-refractivity contribution in [3.05, 3.63) is 53.3 Å². The zero-order chi connectivity index (χ0) is 24.2. The van der Waals surface area contributed by atoms with Crippen LogP contribution < -0.4 is 15.5 Å². The van der Waals surface area contributed by atoms with E-state index in [0.717, 1.165) is 12.8 Å². The van der Waals surface area contributed by atoms with Crippen molar-refractivity contribution in [3.63, 3.8) is 0 Å². The van der Waals surface area contributed by atoms with Gasteiger partial charge in [-0.3, -0.25) is 9.59 Å². The molecule has 2 atom stereocenters. The quantitative estimate of drug-likeness (QED) is 0.673. The molecule has 2 saturated heterocycles. The summed E-state index contributed by atoms with van der Waals surface area (Å²) in [7, 11) is 0. The topological polar surface area (TPSA) is 106 Å². The van der Waals surface area contributed by atoms with Gasteiger partial charge in [0.05, 0.1) is 17.7 Å². The second-order valence-corrected chi connectivity index (χ2v) is 8.76. The first-order valence-electron chi connectivity index (χ1n) is 11.0. The lowest BCUT2D eigenvalue weighted by atomic mass is 10.1. The summed E-state index contributed by atoms with van der Waals surface area (Å²) in [6.07, 6.45) is 2.23. The van der Waals surface area contributed by atoms with E-state index in [2.05, 4.69) is 16.7 Å². The highest BCUT2D eigenvalue weighted by atomic mass is 35.5. The highest BCUT2D eigenvalue weighted by molar-refractivity contribution is 6.30. The molecule has 8 nitrogen and oxygen atoms in total. The van der Waals surface area contributed by atoms with E-state index in [1.54, 1.807) is 30.3 Å². The molecule has 2 aliphatic rings. The molecule has 2 aliphatic heterocycles. The third-order valence-electron chi connectivity index (χ3n) is 5.99. The molecule has 0 bridgehead atoms. The number of nitrogens with one attached hydrogen (secondary N) is 2. The van der Waals surface area contributed by atoms with Crippen LogP contribution in [0.15, 0.2) is 42.5 Å². The van der Waals surface area contributed by atoms with Gasteiger partial charge >= 0.3 is 6.03 Å². The number of amides is 4. The van der Waals surface area contributed by atoms with Crippen LogP contribution in [0.3, 0.4) is 0 Å². The van der Waals surface area contributed by atoms with Crippen LogP contribution in [0.25, 0.3) is 0 Å². The van der Waals surface area contributed by atoms with Crippen LogP contribution in [0.1, 0.15) is 25.7 Å². The zero-order valence-corrected chi connectivity index (χ0v) is 19.0. The van der Waals surface area contributed by atoms with Crippen LogP contribution >= 0.6 is 11.6 Å². The molecular weight excluding hydrogens is 461 g/mol. The van der Waals surface area contributed by atoms with Crippen molar-refractivity contribution in [2.24, 2.45) is 5.92 Å². The Morgan fingerprint density at radius 1 is 1.12 bits per heavy atom. The summed E-state index contributed by atoms with van der Waals surface area (Å²) >= 11 is 5.87. The Labute approximate surface area is 201 Å². The van der Waals surface area contributed by atoms with E-state index in [1.807, 2.05) is 0 Å². The molecule has 2 aromatic rings. The molecule has 10 heteroatoms. The van der Waals surface area contributed by atoms with Crippen molar-refractivity contribution >= 4 is 46.5 Å². The minimum atomic E-state index is -0.945. The normalized spacial score (nSPS) is 20.1. The van der Waals surface area contributed by atoms with E-state index in [4.69, 9.17) is 11.6 Å². The number of carbonyl (C=O) groups excluding carboxylic acids is 3. The van der Waals surface area contributed by atoms with Crippen LogP contribution in [0, 0.1) is 23.1 Å². The number of halogens is 2. The van der Waals surface area contributed by atoms with E-state index in [0.29, 0.717) is 29.4 Å². The van der Waals surface area contributed by atoms with Crippen molar-refractivity contribution in [1.29, 1.82) is 5.26 Å². The number of rotatable bonds is 4. The van der Waals surface area contributed by atoms with Gasteiger partial charge in [-0.15, -0.1) is 0 Å². The van der Waals surface area contributed by atoms with Crippen LogP contribution in [0.4, 0.5) is 26.2 Å². The van der Waals surface area contributed by atoms with E-state index >= 15 is 0 Å². The van der Waals surface area contributed by atoms with Gasteiger partial charge < -0.3 is 20.4 Å². The minimum absolute atomic E-state index is 0.0571. The fourth-order valence-electron chi connectivity index (χ4n) is 4.20. The first-order valence-corrected chi connectivity index (χ1v) is 11.4. The molecule has 34 heavy (non-hydrogen) atoms. The molecule has 2 N–H and O–H groups in total. The molecule has 2 heterocycles. The van der Waals surface area contributed by atoms with E-state index < -0.39 is 29.7 Å². The lowest BCUT2D eigenvalue weighted by Gasteiger charge is -2.27. The summed E-state index contributed by atoms with van der Waals surface area (Å²) in [6.45, 7) is 0.603. The SMILES string of the molecule is N#CC1C[C@H](C(=O)Nc2ccc(N3CCCCC3=O)cc2F)N(C(=O)Nc2ccc(Cl)cc2)C1. The largest absolute Gasteiger partial charge is 0.322 e. The predicted molar refractivity (Wildman–Crippen MR) is 126 cm³/mol. The number of nitrogens with zero attached hydrogens (tertiary/aromatic N) is 3. The first-order chi connectivity index (χ1) is 16.4. The van der Waals surface area contributed by atoms with Gasteiger partial charge in [0.25, 0.3) is 0 Å². The molecule has 4 amide bonds. The number of hydrogen-bond donors (Lipinski definition) is 2. The molecule has 0 aromatic heterocycles. The lowest BCUT2D eigenvalue weighted by Crippen LogP contribution is -2.45. The Morgan fingerprint density at radius 2 is 1.88 bits per heavy atom. The molecule has 176 valence electrons. The van der Waals surface area contributed by atoms with Gasteiger partial charge in [0.1, 0.15) is 11.9 Å². The maximum absolute atomic E-state index is 14.8. The third kappa shape index (κ3) is 5.13. The van der Waals surface area contributed by atoms with Crippen LogP contribution in [-0.2, 0) is 9.59 Å². The summed E-state index contributed by atoms with van der Waals surface area (Å²) in [4.78, 5) is 40.7. The molecule has 0 spiro atoms. The highest BCUT2D eigenvalue weighted by Gasteiger charge is 2.40. The fraction of sp³-hybridized carbons (Fsp3) is 0.333. The Morgan fingerprint density at radius 3 is 2.56 bits per heavy atom. The summed E-state index contributed by atoms with van der Waals surface area (Å²) < 4.78 is 14.8. The summed E-state index contributed by atoms with van der Waals surface area (Å²) in [5, 5.41) is 15.1. The predicted octanol–water partition coefficient (Wildman–Crippen LogP) is 4.38. The Balaban J connectivity index is 1.47. The number of anilines is 3. The molecule has 2 fully saturated rings. The van der Waals surface area contributed by atoms with Crippen LogP contribution in [0.5, 0.6) is 0 Å². The van der Waals surface area contributed by atoms with E-state index in [1.165, 1.54) is 21.9 Å². The van der Waals surface area contributed by atoms with Gasteiger partial charge in [-0.05, 0) is 61.7 Å². The van der Waals surface area contributed by atoms with Gasteiger partial charge in [0.15, 0.2) is 0 Å². The monoisotopic (exact) mass is 483 g/mol. The Kier molecular flexibility index (Phi) is 6.98. The standard InChI is InChI=1S/C24H23ClFN5O3/c25-16-4-6-17(7-5-16)28-24(34)31-14-15(13-27)11-21(31)23(33)29-20-9-8-18(12-19(20)26)30-10-2-1-3-22(30)32/h4-9,12,15,21H,1-3,10-11,14H2,(H,28,34)(H,29,33)/t15?,21-/m1/s1. The molecule has 0 radical (unpaired) electrons. The Hall–Kier alpha value is -3.64. The number of nitriles is 1.